The van der Waals surface area contributed by atoms with Crippen LogP contribution in [0.4, 0.5) is 24.5 Å². The first-order chi connectivity index (χ1) is 13.9. The minimum absolute atomic E-state index is 0.227. The lowest BCUT2D eigenvalue weighted by Crippen LogP contribution is -2.45. The number of carbonyl (C=O) groups is 1. The molecule has 2 rings (SSSR count). The van der Waals surface area contributed by atoms with E-state index < -0.39 is 33.7 Å². The van der Waals surface area contributed by atoms with Gasteiger partial charge < -0.3 is 5.32 Å². The van der Waals surface area contributed by atoms with Crippen molar-refractivity contribution in [3.63, 3.8) is 0 Å². The highest BCUT2D eigenvalue weighted by Crippen LogP contribution is 2.33. The van der Waals surface area contributed by atoms with Crippen molar-refractivity contribution in [2.45, 2.75) is 45.8 Å². The molecule has 164 valence electrons. The molecule has 0 aliphatic heterocycles. The van der Waals surface area contributed by atoms with Gasteiger partial charge in [0.05, 0.1) is 17.5 Å². The van der Waals surface area contributed by atoms with E-state index in [2.05, 4.69) is 5.32 Å². The molecule has 0 aliphatic rings. The van der Waals surface area contributed by atoms with Crippen molar-refractivity contribution in [2.75, 3.05) is 15.9 Å². The van der Waals surface area contributed by atoms with Crippen LogP contribution < -0.4 is 9.62 Å². The molecule has 1 amide bonds. The summed E-state index contributed by atoms with van der Waals surface area (Å²) in [5.74, 6) is -0.631. The predicted molar refractivity (Wildman–Crippen MR) is 112 cm³/mol. The first-order valence-corrected chi connectivity index (χ1v) is 11.3. The van der Waals surface area contributed by atoms with Crippen molar-refractivity contribution < 1.29 is 26.4 Å². The average Bonchev–Trinajstić information content (AvgIpc) is 2.66. The van der Waals surface area contributed by atoms with Crippen molar-refractivity contribution in [1.29, 1.82) is 0 Å². The molecule has 0 aliphatic carbocycles. The topological polar surface area (TPSA) is 66.5 Å². The molecule has 1 N–H and O–H groups in total. The van der Waals surface area contributed by atoms with Gasteiger partial charge in [-0.3, -0.25) is 9.10 Å². The monoisotopic (exact) mass is 442 g/mol. The second-order valence-electron chi connectivity index (χ2n) is 6.93. The molecule has 0 saturated carbocycles. The molecule has 0 unspecified atom stereocenters. The van der Waals surface area contributed by atoms with Crippen molar-refractivity contribution >= 4 is 27.3 Å². The maximum absolute atomic E-state index is 13.1. The van der Waals surface area contributed by atoms with Gasteiger partial charge in [-0.15, -0.1) is 0 Å². The van der Waals surface area contributed by atoms with E-state index >= 15 is 0 Å². The molecule has 9 heteroatoms. The Morgan fingerprint density at radius 2 is 1.60 bits per heavy atom. The molecule has 0 bridgehead atoms. The number of carbonyl (C=O) groups excluding carboxylic acids is 1. The number of alkyl halides is 3. The number of para-hydroxylation sites is 1. The summed E-state index contributed by atoms with van der Waals surface area (Å²) >= 11 is 0. The zero-order valence-electron chi connectivity index (χ0n) is 17.2. The van der Waals surface area contributed by atoms with Crippen LogP contribution in [0.5, 0.6) is 0 Å². The van der Waals surface area contributed by atoms with Crippen LogP contribution in [0.1, 0.15) is 37.5 Å². The molecule has 0 saturated heterocycles. The fraction of sp³-hybridized carbons (Fsp3) is 0.381. The van der Waals surface area contributed by atoms with E-state index in [9.17, 15) is 26.4 Å². The Labute approximate surface area is 175 Å². The van der Waals surface area contributed by atoms with E-state index in [4.69, 9.17) is 0 Å². The Morgan fingerprint density at radius 1 is 1.07 bits per heavy atom. The highest BCUT2D eigenvalue weighted by Gasteiger charge is 2.34. The van der Waals surface area contributed by atoms with E-state index in [-0.39, 0.29) is 5.69 Å². The highest BCUT2D eigenvalue weighted by molar-refractivity contribution is 7.92. The fourth-order valence-corrected chi connectivity index (χ4v) is 4.43. The van der Waals surface area contributed by atoms with Gasteiger partial charge in [-0.05, 0) is 49.1 Å². The van der Waals surface area contributed by atoms with E-state index in [1.54, 1.807) is 0 Å². The Kier molecular flexibility index (Phi) is 7.18. The molecular formula is C21H25F3N2O3S. The van der Waals surface area contributed by atoms with Crippen LogP contribution in [0.25, 0.3) is 0 Å². The zero-order valence-corrected chi connectivity index (χ0v) is 18.1. The number of sulfonamides is 1. The first-order valence-electron chi connectivity index (χ1n) is 9.48. The molecule has 2 aromatic rings. The molecule has 30 heavy (non-hydrogen) atoms. The molecule has 0 spiro atoms. The summed E-state index contributed by atoms with van der Waals surface area (Å²) in [6.07, 6.45) is -2.47. The Balaban J connectivity index is 2.45. The van der Waals surface area contributed by atoms with Crippen molar-refractivity contribution in [3.8, 4) is 0 Å². The van der Waals surface area contributed by atoms with Crippen molar-refractivity contribution in [1.82, 2.24) is 0 Å². The minimum Gasteiger partial charge on any atom is -0.324 e. The largest absolute Gasteiger partial charge is 0.416 e. The number of aryl methyl sites for hydroxylation is 2. The van der Waals surface area contributed by atoms with E-state index in [1.807, 2.05) is 32.0 Å². The summed E-state index contributed by atoms with van der Waals surface area (Å²) in [4.78, 5) is 13.0. The summed E-state index contributed by atoms with van der Waals surface area (Å²) in [5, 5.41) is 2.78. The van der Waals surface area contributed by atoms with Gasteiger partial charge in [-0.1, -0.05) is 38.1 Å². The lowest BCUT2D eigenvalue weighted by Gasteiger charge is -2.29. The third kappa shape index (κ3) is 5.33. The number of nitrogens with one attached hydrogen (secondary N) is 1. The summed E-state index contributed by atoms with van der Waals surface area (Å²) in [5.41, 5.74) is 1.16. The standard InChI is InChI=1S/C21H25F3N2O3S/c1-5-15-9-7-10-16(6-2)19(15)25-20(27)14(3)26(30(4,28)29)18-12-8-11-17(13-18)21(22,23)24/h7-14H,5-6H2,1-4H3,(H,25,27)/t14-/m1/s1. The maximum Gasteiger partial charge on any atom is 0.416 e. The second-order valence-corrected chi connectivity index (χ2v) is 8.79. The van der Waals surface area contributed by atoms with Crippen LogP contribution in [0.15, 0.2) is 42.5 Å². The number of hydrogen-bond acceptors (Lipinski definition) is 3. The highest BCUT2D eigenvalue weighted by atomic mass is 32.2. The Hall–Kier alpha value is -2.55. The molecule has 0 fully saturated rings. The van der Waals surface area contributed by atoms with Crippen LogP contribution >= 0.6 is 0 Å². The number of benzene rings is 2. The van der Waals surface area contributed by atoms with Crippen LogP contribution in [-0.4, -0.2) is 26.6 Å². The van der Waals surface area contributed by atoms with Crippen LogP contribution in [0.2, 0.25) is 0 Å². The molecular weight excluding hydrogens is 417 g/mol. The van der Waals surface area contributed by atoms with E-state index in [1.165, 1.54) is 13.0 Å². The molecule has 0 heterocycles. The summed E-state index contributed by atoms with van der Waals surface area (Å²) in [6, 6.07) is 8.25. The first kappa shape index (κ1) is 23.7. The summed E-state index contributed by atoms with van der Waals surface area (Å²) < 4.78 is 64.8. The van der Waals surface area contributed by atoms with Gasteiger partial charge in [-0.2, -0.15) is 13.2 Å². The molecule has 0 radical (unpaired) electrons. The summed E-state index contributed by atoms with van der Waals surface area (Å²) in [6.45, 7) is 5.20. The number of anilines is 2. The predicted octanol–water partition coefficient (Wildman–Crippen LogP) is 4.62. The van der Waals surface area contributed by atoms with Gasteiger partial charge >= 0.3 is 6.18 Å². The minimum atomic E-state index is -4.64. The van der Waals surface area contributed by atoms with Crippen LogP contribution in [0, 0.1) is 0 Å². The lowest BCUT2D eigenvalue weighted by molar-refractivity contribution is -0.137. The fourth-order valence-electron chi connectivity index (χ4n) is 3.26. The van der Waals surface area contributed by atoms with E-state index in [0.29, 0.717) is 22.8 Å². The van der Waals surface area contributed by atoms with Crippen LogP contribution in [0.3, 0.4) is 0 Å². The van der Waals surface area contributed by atoms with Crippen molar-refractivity contribution in [3.05, 3.63) is 59.2 Å². The third-order valence-electron chi connectivity index (χ3n) is 4.76. The van der Waals surface area contributed by atoms with Gasteiger partial charge in [0.1, 0.15) is 6.04 Å². The quantitative estimate of drug-likeness (QED) is 0.680. The number of amides is 1. The van der Waals surface area contributed by atoms with Gasteiger partial charge in [0.25, 0.3) is 0 Å². The Morgan fingerprint density at radius 3 is 2.07 bits per heavy atom. The van der Waals surface area contributed by atoms with Gasteiger partial charge in [-0.25, -0.2) is 8.42 Å². The van der Waals surface area contributed by atoms with Gasteiger partial charge in [0.15, 0.2) is 0 Å². The Bertz CT molecular complexity index is 998. The second kappa shape index (κ2) is 9.07. The molecule has 5 nitrogen and oxygen atoms in total. The average molecular weight is 443 g/mol. The zero-order chi connectivity index (χ0) is 22.7. The lowest BCUT2D eigenvalue weighted by atomic mass is 10.0. The molecule has 1 atom stereocenters. The number of halogens is 3. The van der Waals surface area contributed by atoms with Gasteiger partial charge in [0, 0.05) is 5.69 Å². The van der Waals surface area contributed by atoms with Crippen molar-refractivity contribution in [2.24, 2.45) is 0 Å². The third-order valence-corrected chi connectivity index (χ3v) is 6.01. The molecule has 0 aromatic heterocycles. The SMILES string of the molecule is CCc1cccc(CC)c1NC(=O)[C@@H](C)N(c1cccc(C(F)(F)F)c1)S(C)(=O)=O. The molecule has 2 aromatic carbocycles. The van der Waals surface area contributed by atoms with Crippen LogP contribution in [-0.2, 0) is 33.8 Å². The smallest absolute Gasteiger partial charge is 0.324 e. The normalized spacial score (nSPS) is 13.0. The number of nitrogens with zero attached hydrogens (tertiary/aromatic N) is 1. The van der Waals surface area contributed by atoms with Gasteiger partial charge in [0.2, 0.25) is 15.9 Å². The van der Waals surface area contributed by atoms with E-state index in [0.717, 1.165) is 35.6 Å². The number of rotatable bonds is 7. The number of hydrogen-bond donors (Lipinski definition) is 1. The summed E-state index contributed by atoms with van der Waals surface area (Å²) in [7, 11) is -4.04. The maximum atomic E-state index is 13.1.